The average molecular weight is 408 g/mol. The molecule has 0 spiro atoms. The van der Waals surface area contributed by atoms with Gasteiger partial charge in [0.15, 0.2) is 0 Å². The van der Waals surface area contributed by atoms with E-state index in [2.05, 4.69) is 15.8 Å². The van der Waals surface area contributed by atoms with Crippen molar-refractivity contribution in [1.29, 1.82) is 0 Å². The zero-order chi connectivity index (χ0) is 20.6. The highest BCUT2D eigenvalue weighted by Gasteiger charge is 2.08. The highest BCUT2D eigenvalue weighted by atomic mass is 35.5. The molecule has 0 saturated carbocycles. The van der Waals surface area contributed by atoms with Crippen molar-refractivity contribution in [3.63, 3.8) is 0 Å². The fourth-order valence-electron chi connectivity index (χ4n) is 2.46. The first-order valence-corrected chi connectivity index (χ1v) is 9.07. The Morgan fingerprint density at radius 1 is 0.931 bits per heavy atom. The summed E-state index contributed by atoms with van der Waals surface area (Å²) in [5, 5.41) is 7.28. The smallest absolute Gasteiger partial charge is 0.271 e. The first-order chi connectivity index (χ1) is 14.0. The summed E-state index contributed by atoms with van der Waals surface area (Å²) in [4.78, 5) is 24.4. The van der Waals surface area contributed by atoms with Gasteiger partial charge in [-0.2, -0.15) is 5.10 Å². The number of halogens is 1. The van der Waals surface area contributed by atoms with Crippen LogP contribution in [0.4, 0.5) is 5.69 Å². The van der Waals surface area contributed by atoms with Crippen LogP contribution in [0.5, 0.6) is 5.75 Å². The van der Waals surface area contributed by atoms with Gasteiger partial charge in [0.2, 0.25) is 0 Å². The van der Waals surface area contributed by atoms with Crippen LogP contribution in [0.3, 0.4) is 0 Å². The van der Waals surface area contributed by atoms with Crippen LogP contribution in [0.2, 0.25) is 5.02 Å². The summed E-state index contributed by atoms with van der Waals surface area (Å²) in [5.41, 5.74) is 4.74. The van der Waals surface area contributed by atoms with Gasteiger partial charge in [-0.3, -0.25) is 9.59 Å². The number of methoxy groups -OCH3 is 1. The monoisotopic (exact) mass is 407 g/mol. The number of carbonyl (C=O) groups excluding carboxylic acids is 2. The fraction of sp³-hybridized carbons (Fsp3) is 0.0455. The lowest BCUT2D eigenvalue weighted by atomic mass is 10.1. The topological polar surface area (TPSA) is 79.8 Å². The molecule has 0 radical (unpaired) electrons. The number of hydrogen-bond acceptors (Lipinski definition) is 4. The molecule has 0 aromatic heterocycles. The Bertz CT molecular complexity index is 1030. The van der Waals surface area contributed by atoms with Crippen LogP contribution in [0.25, 0.3) is 0 Å². The minimum Gasteiger partial charge on any atom is -0.497 e. The van der Waals surface area contributed by atoms with E-state index in [1.807, 2.05) is 18.2 Å². The maximum atomic E-state index is 12.2. The molecule has 3 rings (SSSR count). The van der Waals surface area contributed by atoms with Crippen molar-refractivity contribution in [2.24, 2.45) is 5.10 Å². The van der Waals surface area contributed by atoms with E-state index in [-0.39, 0.29) is 11.8 Å². The van der Waals surface area contributed by atoms with Crippen LogP contribution in [0, 0.1) is 0 Å². The van der Waals surface area contributed by atoms with Gasteiger partial charge in [0, 0.05) is 21.8 Å². The molecule has 0 bridgehead atoms. The molecule has 0 aliphatic rings. The zero-order valence-corrected chi connectivity index (χ0v) is 16.3. The largest absolute Gasteiger partial charge is 0.497 e. The number of anilines is 1. The minimum atomic E-state index is -0.361. The maximum Gasteiger partial charge on any atom is 0.271 e. The average Bonchev–Trinajstić information content (AvgIpc) is 2.74. The Hall–Kier alpha value is -3.64. The maximum absolute atomic E-state index is 12.2. The van der Waals surface area contributed by atoms with Crippen molar-refractivity contribution in [2.45, 2.75) is 0 Å². The van der Waals surface area contributed by atoms with Crippen LogP contribution < -0.4 is 15.5 Å². The number of benzene rings is 3. The van der Waals surface area contributed by atoms with E-state index < -0.39 is 0 Å². The Kier molecular flexibility index (Phi) is 6.60. The molecule has 2 N–H and O–H groups in total. The Labute approximate surface area is 173 Å². The van der Waals surface area contributed by atoms with Crippen LogP contribution >= 0.6 is 11.6 Å². The first-order valence-electron chi connectivity index (χ1n) is 8.69. The molecular formula is C22H18ClN3O3. The number of hydrogen-bond donors (Lipinski definition) is 2. The predicted octanol–water partition coefficient (Wildman–Crippen LogP) is 4.36. The lowest BCUT2D eigenvalue weighted by molar-refractivity contribution is 0.0954. The van der Waals surface area contributed by atoms with Crippen LogP contribution in [0.1, 0.15) is 26.3 Å². The number of carbonyl (C=O) groups is 2. The number of nitrogens with one attached hydrogen (secondary N) is 2. The van der Waals surface area contributed by atoms with Gasteiger partial charge < -0.3 is 10.1 Å². The van der Waals surface area contributed by atoms with E-state index in [4.69, 9.17) is 16.3 Å². The fourth-order valence-corrected chi connectivity index (χ4v) is 2.59. The normalized spacial score (nSPS) is 10.6. The van der Waals surface area contributed by atoms with Gasteiger partial charge in [0.25, 0.3) is 11.8 Å². The molecular weight excluding hydrogens is 390 g/mol. The predicted molar refractivity (Wildman–Crippen MR) is 114 cm³/mol. The van der Waals surface area contributed by atoms with Gasteiger partial charge in [-0.15, -0.1) is 0 Å². The molecule has 3 aromatic carbocycles. The van der Waals surface area contributed by atoms with E-state index in [1.165, 1.54) is 6.21 Å². The number of hydrazone groups is 1. The van der Waals surface area contributed by atoms with Crippen molar-refractivity contribution in [1.82, 2.24) is 5.43 Å². The summed E-state index contributed by atoms with van der Waals surface area (Å²) in [6.07, 6.45) is 1.53. The molecule has 29 heavy (non-hydrogen) atoms. The third-order valence-corrected chi connectivity index (χ3v) is 4.24. The number of rotatable bonds is 6. The molecule has 146 valence electrons. The Morgan fingerprint density at radius 3 is 2.28 bits per heavy atom. The third-order valence-electron chi connectivity index (χ3n) is 3.98. The number of nitrogens with zero attached hydrogens (tertiary/aromatic N) is 1. The molecule has 0 atom stereocenters. The van der Waals surface area contributed by atoms with Crippen LogP contribution in [-0.2, 0) is 0 Å². The van der Waals surface area contributed by atoms with E-state index >= 15 is 0 Å². The minimum absolute atomic E-state index is 0.262. The molecule has 0 saturated heterocycles. The Morgan fingerprint density at radius 2 is 1.59 bits per heavy atom. The molecule has 6 nitrogen and oxygen atoms in total. The lowest BCUT2D eigenvalue weighted by Crippen LogP contribution is -2.17. The molecule has 3 aromatic rings. The van der Waals surface area contributed by atoms with Gasteiger partial charge in [0.1, 0.15) is 5.75 Å². The SMILES string of the molecule is COc1cccc(/C=N/NC(=O)c2ccc(NC(=O)c3ccc(Cl)cc3)cc2)c1. The van der Waals surface area contributed by atoms with Crippen LogP contribution in [0.15, 0.2) is 77.9 Å². The summed E-state index contributed by atoms with van der Waals surface area (Å²) >= 11 is 5.82. The second kappa shape index (κ2) is 9.52. The molecule has 0 aliphatic heterocycles. The van der Waals surface area contributed by atoms with Crippen molar-refractivity contribution in [3.05, 3.63) is 94.5 Å². The zero-order valence-electron chi connectivity index (χ0n) is 15.6. The van der Waals surface area contributed by atoms with Gasteiger partial charge in [-0.25, -0.2) is 5.43 Å². The number of amides is 2. The molecule has 0 aliphatic carbocycles. The summed E-state index contributed by atoms with van der Waals surface area (Å²) in [6.45, 7) is 0. The van der Waals surface area contributed by atoms with Crippen molar-refractivity contribution >= 4 is 35.3 Å². The van der Waals surface area contributed by atoms with Crippen molar-refractivity contribution < 1.29 is 14.3 Å². The van der Waals surface area contributed by atoms with Gasteiger partial charge in [0.05, 0.1) is 13.3 Å². The second-order valence-corrected chi connectivity index (χ2v) is 6.45. The molecule has 7 heteroatoms. The molecule has 2 amide bonds. The van der Waals surface area contributed by atoms with Crippen molar-refractivity contribution in [2.75, 3.05) is 12.4 Å². The highest BCUT2D eigenvalue weighted by molar-refractivity contribution is 6.30. The van der Waals surface area contributed by atoms with E-state index in [1.54, 1.807) is 61.7 Å². The van der Waals surface area contributed by atoms with Gasteiger partial charge in [-0.1, -0.05) is 23.7 Å². The van der Waals surface area contributed by atoms with Gasteiger partial charge in [-0.05, 0) is 66.2 Å². The van der Waals surface area contributed by atoms with Crippen LogP contribution in [-0.4, -0.2) is 25.1 Å². The van der Waals surface area contributed by atoms with E-state index in [0.717, 1.165) is 5.56 Å². The first kappa shape index (κ1) is 20.1. The van der Waals surface area contributed by atoms with E-state index in [9.17, 15) is 9.59 Å². The van der Waals surface area contributed by atoms with Gasteiger partial charge >= 0.3 is 0 Å². The summed E-state index contributed by atoms with van der Waals surface area (Å²) in [5.74, 6) is 0.0815. The van der Waals surface area contributed by atoms with Crippen molar-refractivity contribution in [3.8, 4) is 5.75 Å². The molecule has 0 fully saturated rings. The summed E-state index contributed by atoms with van der Waals surface area (Å²) in [6, 6.07) is 20.4. The second-order valence-electron chi connectivity index (χ2n) is 6.01. The molecule has 0 unspecified atom stereocenters. The standard InChI is InChI=1S/C22H18ClN3O3/c1-29-20-4-2-3-15(13-20)14-24-26-22(28)17-7-11-19(12-8-17)25-21(27)16-5-9-18(23)10-6-16/h2-14H,1H3,(H,25,27)(H,26,28)/b24-14+. The number of ether oxygens (including phenoxy) is 1. The lowest BCUT2D eigenvalue weighted by Gasteiger charge is -2.06. The summed E-state index contributed by atoms with van der Waals surface area (Å²) in [7, 11) is 1.58. The quantitative estimate of drug-likeness (QED) is 0.470. The Balaban J connectivity index is 1.57. The molecule has 0 heterocycles. The highest BCUT2D eigenvalue weighted by Crippen LogP contribution is 2.14. The summed E-state index contributed by atoms with van der Waals surface area (Å²) < 4.78 is 5.14. The third kappa shape index (κ3) is 5.67. The van der Waals surface area contributed by atoms with E-state index in [0.29, 0.717) is 27.6 Å².